The van der Waals surface area contributed by atoms with E-state index in [0.29, 0.717) is 0 Å². The predicted octanol–water partition coefficient (Wildman–Crippen LogP) is 3.54. The number of rotatable bonds is 6. The van der Waals surface area contributed by atoms with Gasteiger partial charge in [0.15, 0.2) is 5.96 Å². The van der Waals surface area contributed by atoms with Crippen LogP contribution in [0.3, 0.4) is 0 Å². The lowest BCUT2D eigenvalue weighted by Gasteiger charge is -2.29. The molecule has 0 spiro atoms. The van der Waals surface area contributed by atoms with Gasteiger partial charge in [-0.2, -0.15) is 0 Å². The van der Waals surface area contributed by atoms with Gasteiger partial charge in [-0.15, -0.1) is 35.3 Å². The molecule has 0 aromatic carbocycles. The minimum Gasteiger partial charge on any atom is -0.357 e. The van der Waals surface area contributed by atoms with Crippen LogP contribution in [0.1, 0.15) is 38.5 Å². The summed E-state index contributed by atoms with van der Waals surface area (Å²) in [6, 6.07) is 4.33. The van der Waals surface area contributed by atoms with E-state index in [2.05, 4.69) is 60.9 Å². The summed E-state index contributed by atoms with van der Waals surface area (Å²) in [5, 5.41) is 9.07. The Morgan fingerprint density at radius 3 is 2.62 bits per heavy atom. The molecule has 0 radical (unpaired) electrons. The van der Waals surface area contributed by atoms with E-state index in [9.17, 15) is 0 Å². The van der Waals surface area contributed by atoms with E-state index in [0.717, 1.165) is 31.5 Å². The van der Waals surface area contributed by atoms with Crippen molar-refractivity contribution >= 4 is 41.3 Å². The van der Waals surface area contributed by atoms with E-state index in [1.165, 1.54) is 30.8 Å². The highest BCUT2D eigenvalue weighted by Crippen LogP contribution is 2.27. The maximum absolute atomic E-state index is 4.83. The SMILES string of the molecule is CCNC(=NCC(C)(C)c1cccs1)NCC1CCN(C)CC1.I. The van der Waals surface area contributed by atoms with Crippen molar-refractivity contribution in [2.75, 3.05) is 39.8 Å². The summed E-state index contributed by atoms with van der Waals surface area (Å²) in [6.07, 6.45) is 2.56. The van der Waals surface area contributed by atoms with Gasteiger partial charge >= 0.3 is 0 Å². The lowest BCUT2D eigenvalue weighted by Crippen LogP contribution is -2.42. The lowest BCUT2D eigenvalue weighted by molar-refractivity contribution is 0.220. The van der Waals surface area contributed by atoms with Gasteiger partial charge in [-0.3, -0.25) is 4.99 Å². The number of guanidine groups is 1. The standard InChI is InChI=1S/C18H32N4S.HI/c1-5-19-17(20-13-15-8-10-22(4)11-9-15)21-14-18(2,3)16-7-6-12-23-16;/h6-7,12,15H,5,8-11,13-14H2,1-4H3,(H2,19,20,21);1H. The number of hydrogen-bond donors (Lipinski definition) is 2. The topological polar surface area (TPSA) is 39.7 Å². The first kappa shape index (κ1) is 21.7. The van der Waals surface area contributed by atoms with E-state index >= 15 is 0 Å². The normalized spacial score (nSPS) is 17.4. The molecule has 6 heteroatoms. The zero-order valence-corrected chi connectivity index (χ0v) is 18.6. The van der Waals surface area contributed by atoms with Gasteiger partial charge in [-0.05, 0) is 57.3 Å². The van der Waals surface area contributed by atoms with Crippen LogP contribution < -0.4 is 10.6 Å². The molecule has 0 atom stereocenters. The minimum absolute atomic E-state index is 0. The van der Waals surface area contributed by atoms with Crippen LogP contribution in [0.4, 0.5) is 0 Å². The van der Waals surface area contributed by atoms with E-state index in [1.54, 1.807) is 0 Å². The third-order valence-corrected chi connectivity index (χ3v) is 5.80. The van der Waals surface area contributed by atoms with Gasteiger partial charge in [0, 0.05) is 23.4 Å². The molecule has 0 saturated carbocycles. The van der Waals surface area contributed by atoms with Crippen molar-refractivity contribution in [1.82, 2.24) is 15.5 Å². The van der Waals surface area contributed by atoms with Crippen LogP contribution in [0.5, 0.6) is 0 Å². The Morgan fingerprint density at radius 2 is 2.04 bits per heavy atom. The summed E-state index contributed by atoms with van der Waals surface area (Å²) in [4.78, 5) is 8.64. The fourth-order valence-corrected chi connectivity index (χ4v) is 3.71. The van der Waals surface area contributed by atoms with E-state index < -0.39 is 0 Å². The fourth-order valence-electron chi connectivity index (χ4n) is 2.87. The molecule has 1 aliphatic heterocycles. The van der Waals surface area contributed by atoms with Gasteiger partial charge < -0.3 is 15.5 Å². The Bertz CT molecular complexity index is 479. The Kier molecular flexibility index (Phi) is 9.59. The quantitative estimate of drug-likeness (QED) is 0.385. The third-order valence-electron chi connectivity index (χ3n) is 4.56. The molecule has 2 N–H and O–H groups in total. The Morgan fingerprint density at radius 1 is 1.33 bits per heavy atom. The van der Waals surface area contributed by atoms with Crippen molar-refractivity contribution in [3.63, 3.8) is 0 Å². The Labute approximate surface area is 168 Å². The molecule has 0 bridgehead atoms. The Balaban J connectivity index is 0.00000288. The second-order valence-corrected chi connectivity index (χ2v) is 8.13. The second kappa shape index (κ2) is 10.6. The summed E-state index contributed by atoms with van der Waals surface area (Å²) in [7, 11) is 2.21. The number of nitrogens with zero attached hydrogens (tertiary/aromatic N) is 2. The average Bonchev–Trinajstić information content (AvgIpc) is 3.07. The van der Waals surface area contributed by atoms with E-state index in [-0.39, 0.29) is 29.4 Å². The van der Waals surface area contributed by atoms with Crippen LogP contribution in [-0.4, -0.2) is 50.6 Å². The summed E-state index contributed by atoms with van der Waals surface area (Å²) in [5.74, 6) is 1.72. The fraction of sp³-hybridized carbons (Fsp3) is 0.722. The zero-order valence-electron chi connectivity index (χ0n) is 15.5. The molecule has 0 unspecified atom stereocenters. The molecule has 24 heavy (non-hydrogen) atoms. The molecule has 1 aromatic heterocycles. The molecule has 4 nitrogen and oxygen atoms in total. The van der Waals surface area contributed by atoms with Crippen LogP contribution >= 0.6 is 35.3 Å². The summed E-state index contributed by atoms with van der Waals surface area (Å²) in [5.41, 5.74) is 0.0874. The van der Waals surface area contributed by atoms with Crippen LogP contribution in [0, 0.1) is 5.92 Å². The summed E-state index contributed by atoms with van der Waals surface area (Å²) < 4.78 is 0. The highest BCUT2D eigenvalue weighted by Gasteiger charge is 2.22. The van der Waals surface area contributed by atoms with Crippen LogP contribution in [-0.2, 0) is 5.41 Å². The van der Waals surface area contributed by atoms with Gasteiger partial charge in [0.25, 0.3) is 0 Å². The average molecular weight is 464 g/mol. The number of halogens is 1. The molecule has 2 heterocycles. The smallest absolute Gasteiger partial charge is 0.191 e. The number of nitrogens with one attached hydrogen (secondary N) is 2. The third kappa shape index (κ3) is 6.88. The maximum Gasteiger partial charge on any atom is 0.191 e. The monoisotopic (exact) mass is 464 g/mol. The Hall–Kier alpha value is -0.340. The zero-order chi connectivity index (χ0) is 16.7. The van der Waals surface area contributed by atoms with Crippen molar-refractivity contribution in [1.29, 1.82) is 0 Å². The number of hydrogen-bond acceptors (Lipinski definition) is 3. The van der Waals surface area contributed by atoms with E-state index in [1.807, 2.05) is 11.3 Å². The van der Waals surface area contributed by atoms with Gasteiger partial charge in [-0.1, -0.05) is 19.9 Å². The van der Waals surface area contributed by atoms with Crippen LogP contribution in [0.15, 0.2) is 22.5 Å². The summed E-state index contributed by atoms with van der Waals surface area (Å²) in [6.45, 7) is 11.8. The first-order valence-electron chi connectivity index (χ1n) is 8.76. The van der Waals surface area contributed by atoms with Crippen molar-refractivity contribution in [2.45, 2.75) is 39.0 Å². The summed E-state index contributed by atoms with van der Waals surface area (Å²) >= 11 is 1.82. The van der Waals surface area contributed by atoms with E-state index in [4.69, 9.17) is 4.99 Å². The molecular formula is C18H33IN4S. The molecule has 1 aliphatic rings. The van der Waals surface area contributed by atoms with Crippen LogP contribution in [0.25, 0.3) is 0 Å². The van der Waals surface area contributed by atoms with Gasteiger partial charge in [0.05, 0.1) is 6.54 Å². The molecule has 0 amide bonds. The van der Waals surface area contributed by atoms with Crippen LogP contribution in [0.2, 0.25) is 0 Å². The highest BCUT2D eigenvalue weighted by atomic mass is 127. The number of piperidine rings is 1. The predicted molar refractivity (Wildman–Crippen MR) is 117 cm³/mol. The van der Waals surface area contributed by atoms with Gasteiger partial charge in [0.2, 0.25) is 0 Å². The number of likely N-dealkylation sites (tertiary alicyclic amines) is 1. The van der Waals surface area contributed by atoms with Gasteiger partial charge in [0.1, 0.15) is 0 Å². The second-order valence-electron chi connectivity index (χ2n) is 7.18. The molecule has 0 aliphatic carbocycles. The largest absolute Gasteiger partial charge is 0.357 e. The molecule has 1 aromatic rings. The van der Waals surface area contributed by atoms with Crippen molar-refractivity contribution in [2.24, 2.45) is 10.9 Å². The first-order valence-corrected chi connectivity index (χ1v) is 9.64. The maximum atomic E-state index is 4.83. The lowest BCUT2D eigenvalue weighted by atomic mass is 9.92. The highest BCUT2D eigenvalue weighted by molar-refractivity contribution is 14.0. The number of thiophene rings is 1. The van der Waals surface area contributed by atoms with Crippen molar-refractivity contribution in [3.05, 3.63) is 22.4 Å². The molecule has 138 valence electrons. The molecular weight excluding hydrogens is 431 g/mol. The number of aliphatic imine (C=N–C) groups is 1. The molecule has 1 fully saturated rings. The molecule has 2 rings (SSSR count). The molecule has 1 saturated heterocycles. The van der Waals surface area contributed by atoms with Gasteiger partial charge in [-0.25, -0.2) is 0 Å². The minimum atomic E-state index is 0. The van der Waals surface area contributed by atoms with Crippen molar-refractivity contribution < 1.29 is 0 Å². The van der Waals surface area contributed by atoms with Crippen molar-refractivity contribution in [3.8, 4) is 0 Å². The first-order chi connectivity index (χ1) is 11.0.